The molecule has 0 aliphatic heterocycles. The molecule has 0 aliphatic rings. The van der Waals surface area contributed by atoms with Crippen LogP contribution in [-0.2, 0) is 11.3 Å². The molecule has 138 valence electrons. The number of hydrogen-bond acceptors (Lipinski definition) is 3. The zero-order chi connectivity index (χ0) is 19.6. The summed E-state index contributed by atoms with van der Waals surface area (Å²) in [5, 5.41) is 6.91. The number of nitrogens with one attached hydrogen (secondary N) is 1. The van der Waals surface area contributed by atoms with Crippen molar-refractivity contribution in [2.45, 2.75) is 27.3 Å². The SMILES string of the molecule is Cc1cc(C)c(-c2ccc(=O)n(CC(=O)Nc3cccc(F)c3)n2)cc1C. The van der Waals surface area contributed by atoms with Gasteiger partial charge in [0.2, 0.25) is 5.91 Å². The predicted octanol–water partition coefficient (Wildman–Crippen LogP) is 3.61. The third kappa shape index (κ3) is 4.28. The third-order valence-corrected chi connectivity index (χ3v) is 4.39. The maximum atomic E-state index is 13.2. The van der Waals surface area contributed by atoms with Crippen LogP contribution in [0, 0.1) is 26.6 Å². The van der Waals surface area contributed by atoms with Gasteiger partial charge in [-0.2, -0.15) is 5.10 Å². The molecule has 1 amide bonds. The molecule has 3 rings (SSSR count). The molecule has 1 aromatic heterocycles. The van der Waals surface area contributed by atoms with Crippen LogP contribution in [0.5, 0.6) is 0 Å². The predicted molar refractivity (Wildman–Crippen MR) is 103 cm³/mol. The van der Waals surface area contributed by atoms with E-state index in [4.69, 9.17) is 0 Å². The van der Waals surface area contributed by atoms with Gasteiger partial charge in [-0.15, -0.1) is 0 Å². The summed E-state index contributed by atoms with van der Waals surface area (Å²) in [4.78, 5) is 24.3. The van der Waals surface area contributed by atoms with E-state index >= 15 is 0 Å². The molecule has 0 fully saturated rings. The number of halogens is 1. The van der Waals surface area contributed by atoms with E-state index in [1.807, 2.05) is 26.8 Å². The first kappa shape index (κ1) is 18.5. The van der Waals surface area contributed by atoms with Crippen LogP contribution in [0.4, 0.5) is 10.1 Å². The molecule has 1 N–H and O–H groups in total. The molecular formula is C21H20FN3O2. The molecule has 0 unspecified atom stereocenters. The summed E-state index contributed by atoms with van der Waals surface area (Å²) in [6, 6.07) is 12.7. The fraction of sp³-hybridized carbons (Fsp3) is 0.190. The quantitative estimate of drug-likeness (QED) is 0.768. The molecule has 6 heteroatoms. The summed E-state index contributed by atoms with van der Waals surface area (Å²) in [5.74, 6) is -0.903. The van der Waals surface area contributed by atoms with Crippen LogP contribution < -0.4 is 10.9 Å². The molecule has 0 saturated heterocycles. The Balaban J connectivity index is 1.87. The topological polar surface area (TPSA) is 64.0 Å². The normalized spacial score (nSPS) is 10.7. The lowest BCUT2D eigenvalue weighted by molar-refractivity contribution is -0.117. The lowest BCUT2D eigenvalue weighted by atomic mass is 9.99. The van der Waals surface area contributed by atoms with Crippen LogP contribution in [-0.4, -0.2) is 15.7 Å². The Morgan fingerprint density at radius 3 is 2.52 bits per heavy atom. The van der Waals surface area contributed by atoms with E-state index in [-0.39, 0.29) is 12.1 Å². The highest BCUT2D eigenvalue weighted by molar-refractivity contribution is 5.90. The third-order valence-electron chi connectivity index (χ3n) is 4.39. The maximum Gasteiger partial charge on any atom is 0.267 e. The highest BCUT2D eigenvalue weighted by Gasteiger charge is 2.11. The number of hydrogen-bond donors (Lipinski definition) is 1. The van der Waals surface area contributed by atoms with Crippen LogP contribution in [0.3, 0.4) is 0 Å². The number of carbonyl (C=O) groups excluding carboxylic acids is 1. The van der Waals surface area contributed by atoms with E-state index in [0.29, 0.717) is 11.4 Å². The second-order valence-electron chi connectivity index (χ2n) is 6.52. The lowest BCUT2D eigenvalue weighted by Crippen LogP contribution is -2.29. The number of amides is 1. The summed E-state index contributed by atoms with van der Waals surface area (Å²) < 4.78 is 14.3. The fourth-order valence-corrected chi connectivity index (χ4v) is 2.85. The molecule has 0 spiro atoms. The van der Waals surface area contributed by atoms with Crippen molar-refractivity contribution in [2.75, 3.05) is 5.32 Å². The summed E-state index contributed by atoms with van der Waals surface area (Å²) >= 11 is 0. The first-order valence-corrected chi connectivity index (χ1v) is 8.55. The standard InChI is InChI=1S/C21H20FN3O2/c1-13-9-15(3)18(10-14(13)2)19-7-8-21(27)25(24-19)12-20(26)23-17-6-4-5-16(22)11-17/h4-11H,12H2,1-3H3,(H,23,26). The van der Waals surface area contributed by atoms with Crippen LogP contribution >= 0.6 is 0 Å². The minimum atomic E-state index is -0.454. The van der Waals surface area contributed by atoms with Gasteiger partial charge in [0.05, 0.1) is 5.69 Å². The van der Waals surface area contributed by atoms with Crippen molar-refractivity contribution in [3.05, 3.63) is 81.4 Å². The first-order chi connectivity index (χ1) is 12.8. The number of rotatable bonds is 4. The average Bonchev–Trinajstić information content (AvgIpc) is 2.60. The number of aryl methyl sites for hydroxylation is 3. The molecule has 0 radical (unpaired) electrons. The van der Waals surface area contributed by atoms with E-state index in [1.54, 1.807) is 12.1 Å². The van der Waals surface area contributed by atoms with Crippen molar-refractivity contribution in [2.24, 2.45) is 0 Å². The van der Waals surface area contributed by atoms with Crippen LogP contribution in [0.15, 0.2) is 53.3 Å². The Morgan fingerprint density at radius 1 is 1.04 bits per heavy atom. The van der Waals surface area contributed by atoms with E-state index < -0.39 is 11.7 Å². The fourth-order valence-electron chi connectivity index (χ4n) is 2.85. The van der Waals surface area contributed by atoms with Gasteiger partial charge in [-0.3, -0.25) is 9.59 Å². The number of nitrogens with zero attached hydrogens (tertiary/aromatic N) is 2. The van der Waals surface area contributed by atoms with Gasteiger partial charge in [-0.05, 0) is 67.8 Å². The van der Waals surface area contributed by atoms with Crippen LogP contribution in [0.25, 0.3) is 11.3 Å². The molecule has 0 atom stereocenters. The second kappa shape index (κ2) is 7.53. The van der Waals surface area contributed by atoms with Crippen molar-refractivity contribution < 1.29 is 9.18 Å². The zero-order valence-corrected chi connectivity index (χ0v) is 15.4. The van der Waals surface area contributed by atoms with E-state index in [0.717, 1.165) is 21.4 Å². The van der Waals surface area contributed by atoms with E-state index in [9.17, 15) is 14.0 Å². The van der Waals surface area contributed by atoms with Crippen LogP contribution in [0.2, 0.25) is 0 Å². The molecule has 0 aliphatic carbocycles. The summed E-state index contributed by atoms with van der Waals surface area (Å²) in [6.45, 7) is 5.78. The second-order valence-corrected chi connectivity index (χ2v) is 6.52. The monoisotopic (exact) mass is 365 g/mol. The minimum Gasteiger partial charge on any atom is -0.324 e. The van der Waals surface area contributed by atoms with Crippen molar-refractivity contribution >= 4 is 11.6 Å². The highest BCUT2D eigenvalue weighted by Crippen LogP contribution is 2.24. The van der Waals surface area contributed by atoms with Crippen molar-refractivity contribution in [3.8, 4) is 11.3 Å². The molecule has 0 saturated carbocycles. The Labute approximate surface area is 156 Å². The van der Waals surface area contributed by atoms with Gasteiger partial charge >= 0.3 is 0 Å². The summed E-state index contributed by atoms with van der Waals surface area (Å²) in [5.41, 5.74) is 4.83. The minimum absolute atomic E-state index is 0.257. The first-order valence-electron chi connectivity index (χ1n) is 8.55. The molecular weight excluding hydrogens is 345 g/mol. The molecule has 2 aromatic carbocycles. The number of anilines is 1. The molecule has 27 heavy (non-hydrogen) atoms. The summed E-state index contributed by atoms with van der Waals surface area (Å²) in [7, 11) is 0. The van der Waals surface area contributed by atoms with Crippen molar-refractivity contribution in [3.63, 3.8) is 0 Å². The van der Waals surface area contributed by atoms with Gasteiger partial charge in [0.1, 0.15) is 12.4 Å². The molecule has 1 heterocycles. The Morgan fingerprint density at radius 2 is 1.78 bits per heavy atom. The molecule has 0 bridgehead atoms. The van der Waals surface area contributed by atoms with Crippen LogP contribution in [0.1, 0.15) is 16.7 Å². The number of carbonyl (C=O) groups is 1. The van der Waals surface area contributed by atoms with Crippen molar-refractivity contribution in [1.82, 2.24) is 9.78 Å². The Hall–Kier alpha value is -3.28. The smallest absolute Gasteiger partial charge is 0.267 e. The number of benzene rings is 2. The van der Waals surface area contributed by atoms with Gasteiger partial charge in [0.15, 0.2) is 0 Å². The maximum absolute atomic E-state index is 13.2. The molecule has 5 nitrogen and oxygen atoms in total. The van der Waals surface area contributed by atoms with Crippen molar-refractivity contribution in [1.29, 1.82) is 0 Å². The van der Waals surface area contributed by atoms with Gasteiger partial charge in [0.25, 0.3) is 5.56 Å². The average molecular weight is 365 g/mol. The number of aromatic nitrogens is 2. The van der Waals surface area contributed by atoms with E-state index in [1.165, 1.54) is 29.8 Å². The van der Waals surface area contributed by atoms with Gasteiger partial charge in [-0.1, -0.05) is 12.1 Å². The van der Waals surface area contributed by atoms with E-state index in [2.05, 4.69) is 16.5 Å². The Bertz CT molecular complexity index is 1070. The van der Waals surface area contributed by atoms with Gasteiger partial charge < -0.3 is 5.32 Å². The van der Waals surface area contributed by atoms with Gasteiger partial charge in [0, 0.05) is 17.3 Å². The summed E-state index contributed by atoms with van der Waals surface area (Å²) in [6.07, 6.45) is 0. The lowest BCUT2D eigenvalue weighted by Gasteiger charge is -2.11. The molecule has 3 aromatic rings. The highest BCUT2D eigenvalue weighted by atomic mass is 19.1. The van der Waals surface area contributed by atoms with Gasteiger partial charge in [-0.25, -0.2) is 9.07 Å². The largest absolute Gasteiger partial charge is 0.324 e. The Kier molecular flexibility index (Phi) is 5.16. The zero-order valence-electron chi connectivity index (χ0n) is 15.4.